The van der Waals surface area contributed by atoms with Crippen molar-refractivity contribution in [3.05, 3.63) is 29.8 Å². The summed E-state index contributed by atoms with van der Waals surface area (Å²) < 4.78 is 0. The maximum Gasteiger partial charge on any atom is 0.322 e. The van der Waals surface area contributed by atoms with Gasteiger partial charge in [0.2, 0.25) is 0 Å². The molecule has 1 aromatic rings. The molecule has 1 N–H and O–H groups in total. The Morgan fingerprint density at radius 1 is 1.45 bits per heavy atom. The number of nitriles is 1. The van der Waals surface area contributed by atoms with Gasteiger partial charge in [-0.25, -0.2) is 4.79 Å². The number of hydrogen-bond donors (Lipinski definition) is 1. The number of rotatable bonds is 5. The number of nitrogens with one attached hydrogen (secondary N) is 1. The van der Waals surface area contributed by atoms with Crippen LogP contribution in [0.15, 0.2) is 24.3 Å². The molecule has 1 aliphatic carbocycles. The van der Waals surface area contributed by atoms with Crippen LogP contribution in [0.2, 0.25) is 0 Å². The summed E-state index contributed by atoms with van der Waals surface area (Å²) in [4.78, 5) is 14.2. The summed E-state index contributed by atoms with van der Waals surface area (Å²) in [6.07, 6.45) is 2.74. The van der Waals surface area contributed by atoms with Crippen molar-refractivity contribution in [2.45, 2.75) is 39.2 Å². The summed E-state index contributed by atoms with van der Waals surface area (Å²) in [6, 6.07) is 9.96. The van der Waals surface area contributed by atoms with Gasteiger partial charge in [0.05, 0.1) is 12.5 Å². The topological polar surface area (TPSA) is 56.1 Å². The summed E-state index contributed by atoms with van der Waals surface area (Å²) in [5.41, 5.74) is 1.96. The Hall–Kier alpha value is -2.02. The van der Waals surface area contributed by atoms with Gasteiger partial charge in [0.25, 0.3) is 0 Å². The third-order valence-corrected chi connectivity index (χ3v) is 3.82. The van der Waals surface area contributed by atoms with Crippen LogP contribution < -0.4 is 5.32 Å². The molecule has 0 radical (unpaired) electrons. The van der Waals surface area contributed by atoms with E-state index in [0.29, 0.717) is 18.9 Å². The first kappa shape index (κ1) is 14.4. The van der Waals surface area contributed by atoms with Gasteiger partial charge < -0.3 is 10.2 Å². The zero-order valence-electron chi connectivity index (χ0n) is 12.1. The molecule has 2 rings (SSSR count). The Balaban J connectivity index is 2.01. The Morgan fingerprint density at radius 3 is 2.65 bits per heavy atom. The third kappa shape index (κ3) is 3.74. The van der Waals surface area contributed by atoms with Gasteiger partial charge in [0.15, 0.2) is 0 Å². The molecule has 0 bridgehead atoms. The molecular weight excluding hydrogens is 250 g/mol. The quantitative estimate of drug-likeness (QED) is 0.890. The first-order valence-corrected chi connectivity index (χ1v) is 7.13. The molecule has 4 nitrogen and oxygen atoms in total. The maximum atomic E-state index is 12.4. The van der Waals surface area contributed by atoms with Gasteiger partial charge in [-0.15, -0.1) is 0 Å². The standard InChI is InChI=1S/C16H21N3O/c1-12-4-8-15(9-5-12)18-16(20)19(11-3-10-17)13(2)14-6-7-14/h4-5,8-9,13-14H,3,6-7,11H2,1-2H3,(H,18,20)/t13-/m1/s1. The summed E-state index contributed by atoms with van der Waals surface area (Å²) in [5.74, 6) is 0.595. The van der Waals surface area contributed by atoms with Crippen molar-refractivity contribution in [1.82, 2.24) is 4.90 Å². The molecule has 1 atom stereocenters. The fourth-order valence-electron chi connectivity index (χ4n) is 2.33. The second kappa shape index (κ2) is 6.42. The van der Waals surface area contributed by atoms with E-state index >= 15 is 0 Å². The molecule has 1 fully saturated rings. The predicted molar refractivity (Wildman–Crippen MR) is 79.3 cm³/mol. The molecule has 1 aromatic carbocycles. The Labute approximate surface area is 120 Å². The number of carbonyl (C=O) groups excluding carboxylic acids is 1. The molecule has 1 aliphatic rings. The van der Waals surface area contributed by atoms with E-state index in [4.69, 9.17) is 5.26 Å². The molecule has 106 valence electrons. The molecule has 0 spiro atoms. The molecule has 2 amide bonds. The minimum atomic E-state index is -0.108. The average Bonchev–Trinajstić information content (AvgIpc) is 3.26. The van der Waals surface area contributed by atoms with Gasteiger partial charge in [0, 0.05) is 18.3 Å². The average molecular weight is 271 g/mol. The van der Waals surface area contributed by atoms with Crippen LogP contribution in [-0.2, 0) is 0 Å². The van der Waals surface area contributed by atoms with Crippen molar-refractivity contribution >= 4 is 11.7 Å². The number of urea groups is 1. The van der Waals surface area contributed by atoms with Crippen molar-refractivity contribution in [3.63, 3.8) is 0 Å². The van der Waals surface area contributed by atoms with E-state index in [1.165, 1.54) is 12.8 Å². The largest absolute Gasteiger partial charge is 0.322 e. The van der Waals surface area contributed by atoms with Gasteiger partial charge >= 0.3 is 6.03 Å². The molecule has 0 heterocycles. The number of amides is 2. The van der Waals surface area contributed by atoms with Gasteiger partial charge in [-0.05, 0) is 44.7 Å². The monoisotopic (exact) mass is 271 g/mol. The highest BCUT2D eigenvalue weighted by molar-refractivity contribution is 5.89. The highest BCUT2D eigenvalue weighted by Crippen LogP contribution is 2.35. The van der Waals surface area contributed by atoms with E-state index < -0.39 is 0 Å². The fraction of sp³-hybridized carbons (Fsp3) is 0.500. The van der Waals surface area contributed by atoms with E-state index in [0.717, 1.165) is 11.3 Å². The number of anilines is 1. The highest BCUT2D eigenvalue weighted by atomic mass is 16.2. The van der Waals surface area contributed by atoms with Crippen LogP contribution in [0.1, 0.15) is 31.7 Å². The third-order valence-electron chi connectivity index (χ3n) is 3.82. The molecule has 20 heavy (non-hydrogen) atoms. The lowest BCUT2D eigenvalue weighted by atomic mass is 10.2. The molecule has 1 saturated carbocycles. The zero-order chi connectivity index (χ0) is 14.5. The normalized spacial score (nSPS) is 15.2. The lowest BCUT2D eigenvalue weighted by Gasteiger charge is -2.28. The summed E-state index contributed by atoms with van der Waals surface area (Å²) in [5, 5.41) is 11.7. The second-order valence-electron chi connectivity index (χ2n) is 5.48. The zero-order valence-corrected chi connectivity index (χ0v) is 12.1. The second-order valence-corrected chi connectivity index (χ2v) is 5.48. The van der Waals surface area contributed by atoms with Gasteiger partial charge in [-0.2, -0.15) is 5.26 Å². The van der Waals surface area contributed by atoms with Crippen molar-refractivity contribution < 1.29 is 4.79 Å². The van der Waals surface area contributed by atoms with E-state index in [2.05, 4.69) is 18.3 Å². The predicted octanol–water partition coefficient (Wildman–Crippen LogP) is 3.54. The number of nitrogens with zero attached hydrogens (tertiary/aromatic N) is 2. The number of carbonyl (C=O) groups is 1. The maximum absolute atomic E-state index is 12.4. The SMILES string of the molecule is Cc1ccc(NC(=O)N(CCC#N)[C@H](C)C2CC2)cc1. The van der Waals surface area contributed by atoms with E-state index in [-0.39, 0.29) is 12.1 Å². The lowest BCUT2D eigenvalue weighted by molar-refractivity contribution is 0.186. The van der Waals surface area contributed by atoms with Crippen molar-refractivity contribution in [2.75, 3.05) is 11.9 Å². The Morgan fingerprint density at radius 2 is 2.10 bits per heavy atom. The summed E-state index contributed by atoms with van der Waals surface area (Å²) in [6.45, 7) is 4.58. The Kier molecular flexibility index (Phi) is 4.62. The van der Waals surface area contributed by atoms with Crippen LogP contribution in [0.25, 0.3) is 0 Å². The van der Waals surface area contributed by atoms with E-state index in [9.17, 15) is 4.79 Å². The van der Waals surface area contributed by atoms with Crippen molar-refractivity contribution in [2.24, 2.45) is 5.92 Å². The first-order chi connectivity index (χ1) is 9.61. The highest BCUT2D eigenvalue weighted by Gasteiger charge is 2.34. The van der Waals surface area contributed by atoms with Gasteiger partial charge in [-0.1, -0.05) is 17.7 Å². The summed E-state index contributed by atoms with van der Waals surface area (Å²) >= 11 is 0. The molecule has 0 unspecified atom stereocenters. The Bertz CT molecular complexity index is 499. The fourth-order valence-corrected chi connectivity index (χ4v) is 2.33. The minimum Gasteiger partial charge on any atom is -0.321 e. The number of benzene rings is 1. The molecule has 4 heteroatoms. The minimum absolute atomic E-state index is 0.108. The number of aryl methyl sites for hydroxylation is 1. The van der Waals surface area contributed by atoms with Crippen LogP contribution in [-0.4, -0.2) is 23.5 Å². The molecule has 0 aliphatic heterocycles. The molecule has 0 aromatic heterocycles. The van der Waals surface area contributed by atoms with Crippen LogP contribution in [0.3, 0.4) is 0 Å². The van der Waals surface area contributed by atoms with E-state index in [1.54, 1.807) is 4.90 Å². The molecule has 0 saturated heterocycles. The van der Waals surface area contributed by atoms with Crippen LogP contribution >= 0.6 is 0 Å². The van der Waals surface area contributed by atoms with Gasteiger partial charge in [-0.3, -0.25) is 0 Å². The number of hydrogen-bond acceptors (Lipinski definition) is 2. The summed E-state index contributed by atoms with van der Waals surface area (Å²) in [7, 11) is 0. The lowest BCUT2D eigenvalue weighted by Crippen LogP contribution is -2.43. The van der Waals surface area contributed by atoms with Crippen LogP contribution in [0, 0.1) is 24.2 Å². The molecular formula is C16H21N3O. The van der Waals surface area contributed by atoms with Crippen molar-refractivity contribution in [3.8, 4) is 6.07 Å². The van der Waals surface area contributed by atoms with Crippen molar-refractivity contribution in [1.29, 1.82) is 5.26 Å². The van der Waals surface area contributed by atoms with E-state index in [1.807, 2.05) is 31.2 Å². The first-order valence-electron chi connectivity index (χ1n) is 7.13. The van der Waals surface area contributed by atoms with Gasteiger partial charge in [0.1, 0.15) is 0 Å². The smallest absolute Gasteiger partial charge is 0.321 e. The van der Waals surface area contributed by atoms with Crippen LogP contribution in [0.5, 0.6) is 0 Å². The van der Waals surface area contributed by atoms with Crippen LogP contribution in [0.4, 0.5) is 10.5 Å².